The minimum absolute atomic E-state index is 0.0438. The molecule has 1 rings (SSSR count). The van der Waals surface area contributed by atoms with E-state index in [4.69, 9.17) is 8.85 Å². The Morgan fingerprint density at radius 2 is 1.55 bits per heavy atom. The number of rotatable bonds is 15. The van der Waals surface area contributed by atoms with Gasteiger partial charge in [-0.1, -0.05) is 47.6 Å². The topological polar surface area (TPSA) is 38.7 Å². The smallest absolute Gasteiger partial charge is 0.192 e. The summed E-state index contributed by atoms with van der Waals surface area (Å²) in [6, 6.07) is 3.49. The van der Waals surface area contributed by atoms with Gasteiger partial charge in [-0.15, -0.1) is 30.1 Å². The third kappa shape index (κ3) is 9.97. The molecular formula is C26H54O3S2Si2. The van der Waals surface area contributed by atoms with Crippen LogP contribution in [0.25, 0.3) is 0 Å². The standard InChI is InChI=1S/C26H54O3S2Si2/c1-11-16-23(28-32(9,10)25(6,7)8)19-24(29-33(12-2,13-3)14-4)21-26(20-22(5)27)30-17-15-18-31-26/h11,22-24,27H,1,12-21H2,2-10H3/t22-,23+,24+/m0/s1. The molecule has 0 amide bonds. The maximum absolute atomic E-state index is 10.4. The predicted molar refractivity (Wildman–Crippen MR) is 157 cm³/mol. The summed E-state index contributed by atoms with van der Waals surface area (Å²) in [7, 11) is -3.67. The first kappa shape index (κ1) is 31.8. The van der Waals surface area contributed by atoms with Crippen molar-refractivity contribution in [1.29, 1.82) is 0 Å². The molecule has 3 atom stereocenters. The van der Waals surface area contributed by atoms with Crippen LogP contribution in [0.5, 0.6) is 0 Å². The molecule has 1 aliphatic rings. The third-order valence-electron chi connectivity index (χ3n) is 7.74. The zero-order valence-corrected chi connectivity index (χ0v) is 26.8. The van der Waals surface area contributed by atoms with Gasteiger partial charge >= 0.3 is 0 Å². The quantitative estimate of drug-likeness (QED) is 0.168. The Balaban J connectivity index is 3.24. The SMILES string of the molecule is C=CC[C@H](C[C@H](CC1(C[C@H](C)O)SCCCS1)O[Si](CC)(CC)CC)O[Si](C)(C)C(C)(C)C. The monoisotopic (exact) mass is 534 g/mol. The zero-order chi connectivity index (χ0) is 25.3. The average Bonchev–Trinajstić information content (AvgIpc) is 2.71. The predicted octanol–water partition coefficient (Wildman–Crippen LogP) is 8.46. The summed E-state index contributed by atoms with van der Waals surface area (Å²) in [4.78, 5) is 0. The Kier molecular flexibility index (Phi) is 13.4. The lowest BCUT2D eigenvalue weighted by molar-refractivity contribution is 0.0843. The van der Waals surface area contributed by atoms with Crippen molar-refractivity contribution in [2.45, 2.75) is 139 Å². The van der Waals surface area contributed by atoms with Crippen molar-refractivity contribution in [3.05, 3.63) is 12.7 Å². The average molecular weight is 535 g/mol. The van der Waals surface area contributed by atoms with Crippen LogP contribution >= 0.6 is 23.5 Å². The normalized spacial score (nSPS) is 20.3. The first-order chi connectivity index (χ1) is 15.3. The van der Waals surface area contributed by atoms with Gasteiger partial charge in [0.05, 0.1) is 16.3 Å². The molecule has 0 aromatic heterocycles. The van der Waals surface area contributed by atoms with Crippen LogP contribution in [-0.2, 0) is 8.85 Å². The van der Waals surface area contributed by atoms with Crippen LogP contribution < -0.4 is 0 Å². The van der Waals surface area contributed by atoms with E-state index in [1.807, 2.05) is 13.0 Å². The first-order valence-corrected chi connectivity index (χ1v) is 20.6. The summed E-state index contributed by atoms with van der Waals surface area (Å²) < 4.78 is 14.2. The van der Waals surface area contributed by atoms with Crippen LogP contribution in [0, 0.1) is 0 Å². The van der Waals surface area contributed by atoms with Crippen LogP contribution in [0.3, 0.4) is 0 Å². The highest BCUT2D eigenvalue weighted by atomic mass is 32.2. The van der Waals surface area contributed by atoms with Crippen LogP contribution in [-0.4, -0.2) is 55.6 Å². The molecule has 7 heteroatoms. The second kappa shape index (κ2) is 13.9. The van der Waals surface area contributed by atoms with Crippen molar-refractivity contribution in [3.8, 4) is 0 Å². The van der Waals surface area contributed by atoms with Gasteiger partial charge in [-0.2, -0.15) is 0 Å². The van der Waals surface area contributed by atoms with Gasteiger partial charge in [0.1, 0.15) is 0 Å². The zero-order valence-electron chi connectivity index (χ0n) is 23.2. The van der Waals surface area contributed by atoms with Crippen molar-refractivity contribution < 1.29 is 14.0 Å². The van der Waals surface area contributed by atoms with E-state index in [1.54, 1.807) is 0 Å². The van der Waals surface area contributed by atoms with Crippen LogP contribution in [0.4, 0.5) is 0 Å². The summed E-state index contributed by atoms with van der Waals surface area (Å²) in [5.41, 5.74) is 0. The fourth-order valence-corrected chi connectivity index (χ4v) is 12.5. The first-order valence-electron chi connectivity index (χ1n) is 13.2. The third-order valence-corrected chi connectivity index (χ3v) is 20.4. The molecule has 0 spiro atoms. The van der Waals surface area contributed by atoms with Crippen LogP contribution in [0.2, 0.25) is 36.3 Å². The van der Waals surface area contributed by atoms with Gasteiger partial charge < -0.3 is 14.0 Å². The van der Waals surface area contributed by atoms with Crippen LogP contribution in [0.1, 0.15) is 80.6 Å². The van der Waals surface area contributed by atoms with Crippen molar-refractivity contribution in [3.63, 3.8) is 0 Å². The fourth-order valence-electron chi connectivity index (χ4n) is 4.52. The number of thioether (sulfide) groups is 2. The summed E-state index contributed by atoms with van der Waals surface area (Å²) in [6.07, 6.45) is 6.93. The molecule has 0 aromatic rings. The molecule has 196 valence electrons. The van der Waals surface area contributed by atoms with Gasteiger partial charge in [0.25, 0.3) is 0 Å². The van der Waals surface area contributed by atoms with E-state index in [1.165, 1.54) is 17.9 Å². The van der Waals surface area contributed by atoms with Gasteiger partial charge in [-0.3, -0.25) is 0 Å². The molecule has 0 aliphatic carbocycles. The highest BCUT2D eigenvalue weighted by Crippen LogP contribution is 2.50. The molecule has 1 fully saturated rings. The molecule has 1 saturated heterocycles. The molecule has 0 bridgehead atoms. The Morgan fingerprint density at radius 1 is 1.00 bits per heavy atom. The molecule has 1 N–H and O–H groups in total. The molecular weight excluding hydrogens is 481 g/mol. The Bertz CT molecular complexity index is 560. The number of hydrogen-bond acceptors (Lipinski definition) is 5. The van der Waals surface area contributed by atoms with Crippen LogP contribution in [0.15, 0.2) is 12.7 Å². The fraction of sp³-hybridized carbons (Fsp3) is 0.923. The Hall–Kier alpha value is 0.754. The van der Waals surface area contributed by atoms with E-state index in [0.717, 1.165) is 43.8 Å². The summed E-state index contributed by atoms with van der Waals surface area (Å²) in [6.45, 7) is 24.6. The van der Waals surface area contributed by atoms with E-state index in [2.05, 4.69) is 84.7 Å². The lowest BCUT2D eigenvalue weighted by Gasteiger charge is -2.44. The molecule has 0 unspecified atom stereocenters. The van der Waals surface area contributed by atoms with Crippen molar-refractivity contribution in [1.82, 2.24) is 0 Å². The molecule has 33 heavy (non-hydrogen) atoms. The second-order valence-electron chi connectivity index (χ2n) is 11.5. The minimum atomic E-state index is -1.90. The van der Waals surface area contributed by atoms with Gasteiger partial charge in [0.2, 0.25) is 0 Å². The molecule has 3 nitrogen and oxygen atoms in total. The van der Waals surface area contributed by atoms with E-state index in [0.29, 0.717) is 0 Å². The second-order valence-corrected chi connectivity index (χ2v) is 24.2. The van der Waals surface area contributed by atoms with E-state index >= 15 is 0 Å². The maximum atomic E-state index is 10.4. The lowest BCUT2D eigenvalue weighted by Crippen LogP contribution is -2.47. The Labute approximate surface area is 216 Å². The number of aliphatic hydroxyl groups is 1. The van der Waals surface area contributed by atoms with Gasteiger partial charge in [0.15, 0.2) is 16.6 Å². The molecule has 1 aliphatic heterocycles. The van der Waals surface area contributed by atoms with E-state index in [9.17, 15) is 5.11 Å². The molecule has 0 saturated carbocycles. The molecule has 0 aromatic carbocycles. The largest absolute Gasteiger partial charge is 0.414 e. The van der Waals surface area contributed by atoms with Crippen molar-refractivity contribution in [2.24, 2.45) is 0 Å². The minimum Gasteiger partial charge on any atom is -0.414 e. The van der Waals surface area contributed by atoms with Crippen molar-refractivity contribution in [2.75, 3.05) is 11.5 Å². The van der Waals surface area contributed by atoms with Gasteiger partial charge in [0, 0.05) is 6.10 Å². The highest BCUT2D eigenvalue weighted by Gasteiger charge is 2.43. The highest BCUT2D eigenvalue weighted by molar-refractivity contribution is 8.18. The van der Waals surface area contributed by atoms with E-state index < -0.39 is 16.6 Å². The van der Waals surface area contributed by atoms with Gasteiger partial charge in [-0.25, -0.2) is 0 Å². The number of aliphatic hydroxyl groups excluding tert-OH is 1. The molecule has 0 radical (unpaired) electrons. The summed E-state index contributed by atoms with van der Waals surface area (Å²) in [5, 5.41) is 10.6. The maximum Gasteiger partial charge on any atom is 0.192 e. The lowest BCUT2D eigenvalue weighted by atomic mass is 10.0. The van der Waals surface area contributed by atoms with Gasteiger partial charge in [-0.05, 0) is 86.8 Å². The summed E-state index contributed by atoms with van der Waals surface area (Å²) in [5.74, 6) is 2.36. The molecule has 1 heterocycles. The Morgan fingerprint density at radius 3 is 1.97 bits per heavy atom. The summed E-state index contributed by atoms with van der Waals surface area (Å²) >= 11 is 4.12. The van der Waals surface area contributed by atoms with Crippen molar-refractivity contribution >= 4 is 40.2 Å². The number of hydrogen-bond donors (Lipinski definition) is 1. The van der Waals surface area contributed by atoms with E-state index in [-0.39, 0.29) is 27.4 Å².